The average Bonchev–Trinajstić information content (AvgIpc) is 2.82. The molecule has 0 radical (unpaired) electrons. The molecular formula is C16H18O. The SMILES string of the molecule is COc1ccccc1C1CC2=CC=CCC2C1. The highest BCUT2D eigenvalue weighted by atomic mass is 16.5. The van der Waals surface area contributed by atoms with E-state index in [2.05, 4.69) is 36.4 Å². The zero-order valence-electron chi connectivity index (χ0n) is 10.2. The predicted molar refractivity (Wildman–Crippen MR) is 70.3 cm³/mol. The number of allylic oxidation sites excluding steroid dienone is 4. The third-order valence-corrected chi connectivity index (χ3v) is 4.02. The Kier molecular flexibility index (Phi) is 2.76. The van der Waals surface area contributed by atoms with Gasteiger partial charge in [0.25, 0.3) is 0 Å². The summed E-state index contributed by atoms with van der Waals surface area (Å²) >= 11 is 0. The fourth-order valence-corrected chi connectivity index (χ4v) is 3.16. The molecule has 2 aliphatic carbocycles. The van der Waals surface area contributed by atoms with Gasteiger partial charge in [0.15, 0.2) is 0 Å². The molecule has 1 aromatic rings. The van der Waals surface area contributed by atoms with Crippen molar-refractivity contribution in [2.75, 3.05) is 7.11 Å². The van der Waals surface area contributed by atoms with Gasteiger partial charge in [-0.3, -0.25) is 0 Å². The second kappa shape index (κ2) is 4.40. The Morgan fingerprint density at radius 1 is 1.18 bits per heavy atom. The van der Waals surface area contributed by atoms with Gasteiger partial charge >= 0.3 is 0 Å². The van der Waals surface area contributed by atoms with Gasteiger partial charge in [-0.2, -0.15) is 0 Å². The van der Waals surface area contributed by atoms with Crippen molar-refractivity contribution in [3.8, 4) is 5.75 Å². The number of methoxy groups -OCH3 is 1. The molecular weight excluding hydrogens is 208 g/mol. The van der Waals surface area contributed by atoms with Crippen LogP contribution in [-0.2, 0) is 0 Å². The molecule has 1 aromatic carbocycles. The minimum absolute atomic E-state index is 0.641. The normalized spacial score (nSPS) is 26.5. The van der Waals surface area contributed by atoms with Crippen LogP contribution in [0.4, 0.5) is 0 Å². The van der Waals surface area contributed by atoms with E-state index >= 15 is 0 Å². The molecule has 0 bridgehead atoms. The van der Waals surface area contributed by atoms with Crippen molar-refractivity contribution in [3.05, 3.63) is 53.6 Å². The fourth-order valence-electron chi connectivity index (χ4n) is 3.16. The molecule has 0 N–H and O–H groups in total. The number of rotatable bonds is 2. The summed E-state index contributed by atoms with van der Waals surface area (Å²) in [7, 11) is 1.77. The number of benzene rings is 1. The quantitative estimate of drug-likeness (QED) is 0.738. The van der Waals surface area contributed by atoms with E-state index in [0.717, 1.165) is 11.7 Å². The molecule has 1 saturated carbocycles. The van der Waals surface area contributed by atoms with Crippen LogP contribution >= 0.6 is 0 Å². The molecule has 0 spiro atoms. The minimum Gasteiger partial charge on any atom is -0.496 e. The van der Waals surface area contributed by atoms with Crippen LogP contribution in [0.3, 0.4) is 0 Å². The third-order valence-electron chi connectivity index (χ3n) is 4.02. The van der Waals surface area contributed by atoms with Crippen LogP contribution in [0.1, 0.15) is 30.7 Å². The molecule has 0 aliphatic heterocycles. The molecule has 1 fully saturated rings. The van der Waals surface area contributed by atoms with Gasteiger partial charge in [-0.15, -0.1) is 0 Å². The van der Waals surface area contributed by atoms with Crippen LogP contribution in [0, 0.1) is 5.92 Å². The second-order valence-electron chi connectivity index (χ2n) is 4.98. The smallest absolute Gasteiger partial charge is 0.122 e. The molecule has 0 saturated heterocycles. The largest absolute Gasteiger partial charge is 0.496 e. The first-order chi connectivity index (χ1) is 8.38. The summed E-state index contributed by atoms with van der Waals surface area (Å²) in [6.07, 6.45) is 10.5. The zero-order valence-corrected chi connectivity index (χ0v) is 10.2. The molecule has 0 heterocycles. The molecule has 2 aliphatic rings. The highest BCUT2D eigenvalue weighted by Gasteiger charge is 2.31. The van der Waals surface area contributed by atoms with Crippen molar-refractivity contribution in [3.63, 3.8) is 0 Å². The van der Waals surface area contributed by atoms with Gasteiger partial charge in [0, 0.05) is 0 Å². The summed E-state index contributed by atoms with van der Waals surface area (Å²) in [6, 6.07) is 8.45. The first-order valence-corrected chi connectivity index (χ1v) is 6.37. The third kappa shape index (κ3) is 1.90. The van der Waals surface area contributed by atoms with E-state index in [0.29, 0.717) is 5.92 Å². The molecule has 17 heavy (non-hydrogen) atoms. The maximum absolute atomic E-state index is 5.48. The topological polar surface area (TPSA) is 9.23 Å². The second-order valence-corrected chi connectivity index (χ2v) is 4.98. The lowest BCUT2D eigenvalue weighted by Crippen LogP contribution is -1.99. The number of fused-ring (bicyclic) bond motifs is 1. The van der Waals surface area contributed by atoms with Gasteiger partial charge in [-0.25, -0.2) is 0 Å². The molecule has 1 heteroatoms. The molecule has 2 unspecified atom stereocenters. The van der Waals surface area contributed by atoms with Crippen LogP contribution in [0.2, 0.25) is 0 Å². The van der Waals surface area contributed by atoms with E-state index in [-0.39, 0.29) is 0 Å². The van der Waals surface area contributed by atoms with Gasteiger partial charge in [0.2, 0.25) is 0 Å². The Morgan fingerprint density at radius 2 is 2.06 bits per heavy atom. The summed E-state index contributed by atoms with van der Waals surface area (Å²) in [6.45, 7) is 0. The Labute approximate surface area is 103 Å². The first kappa shape index (κ1) is 10.6. The Hall–Kier alpha value is -1.50. The lowest BCUT2D eigenvalue weighted by molar-refractivity contribution is 0.404. The minimum atomic E-state index is 0.641. The molecule has 3 rings (SSSR count). The molecule has 0 amide bonds. The number of ether oxygens (including phenoxy) is 1. The summed E-state index contributed by atoms with van der Waals surface area (Å²) in [5, 5.41) is 0. The van der Waals surface area contributed by atoms with Gasteiger partial charge in [-0.1, -0.05) is 42.0 Å². The summed E-state index contributed by atoms with van der Waals surface area (Å²) in [4.78, 5) is 0. The first-order valence-electron chi connectivity index (χ1n) is 6.37. The van der Waals surface area contributed by atoms with E-state index < -0.39 is 0 Å². The maximum atomic E-state index is 5.48. The number of hydrogen-bond donors (Lipinski definition) is 0. The number of para-hydroxylation sites is 1. The van der Waals surface area contributed by atoms with Gasteiger partial charge in [-0.05, 0) is 42.7 Å². The van der Waals surface area contributed by atoms with E-state index in [4.69, 9.17) is 4.74 Å². The summed E-state index contributed by atoms with van der Waals surface area (Å²) in [5.74, 6) is 2.46. The van der Waals surface area contributed by atoms with Gasteiger partial charge in [0.1, 0.15) is 5.75 Å². The van der Waals surface area contributed by atoms with E-state index in [1.165, 1.54) is 24.8 Å². The zero-order chi connectivity index (χ0) is 11.7. The van der Waals surface area contributed by atoms with Crippen LogP contribution in [0.5, 0.6) is 5.75 Å². The highest BCUT2D eigenvalue weighted by Crippen LogP contribution is 2.47. The van der Waals surface area contributed by atoms with Crippen molar-refractivity contribution in [1.29, 1.82) is 0 Å². The van der Waals surface area contributed by atoms with Gasteiger partial charge in [0.05, 0.1) is 7.11 Å². The summed E-state index contributed by atoms with van der Waals surface area (Å²) in [5.41, 5.74) is 3.01. The van der Waals surface area contributed by atoms with E-state index in [9.17, 15) is 0 Å². The van der Waals surface area contributed by atoms with Crippen LogP contribution in [-0.4, -0.2) is 7.11 Å². The van der Waals surface area contributed by atoms with Crippen molar-refractivity contribution in [1.82, 2.24) is 0 Å². The predicted octanol–water partition coefficient (Wildman–Crippen LogP) is 4.08. The fraction of sp³-hybridized carbons (Fsp3) is 0.375. The van der Waals surface area contributed by atoms with Crippen molar-refractivity contribution >= 4 is 0 Å². The number of hydrogen-bond acceptors (Lipinski definition) is 1. The van der Waals surface area contributed by atoms with Crippen LogP contribution in [0.25, 0.3) is 0 Å². The Morgan fingerprint density at radius 3 is 2.88 bits per heavy atom. The molecule has 0 aromatic heterocycles. The molecule has 88 valence electrons. The average molecular weight is 226 g/mol. The monoisotopic (exact) mass is 226 g/mol. The van der Waals surface area contributed by atoms with E-state index in [1.807, 2.05) is 6.07 Å². The molecule has 2 atom stereocenters. The highest BCUT2D eigenvalue weighted by molar-refractivity contribution is 5.40. The van der Waals surface area contributed by atoms with E-state index in [1.54, 1.807) is 12.7 Å². The van der Waals surface area contributed by atoms with Crippen molar-refractivity contribution in [2.24, 2.45) is 5.92 Å². The van der Waals surface area contributed by atoms with Crippen LogP contribution < -0.4 is 4.74 Å². The Bertz CT molecular complexity index is 470. The Balaban J connectivity index is 1.87. The van der Waals surface area contributed by atoms with Gasteiger partial charge < -0.3 is 4.74 Å². The standard InChI is InChI=1S/C16H18O/c1-17-16-9-5-4-8-15(16)14-10-12-6-2-3-7-13(12)11-14/h2-6,8-9,13-14H,7,10-11H2,1H3. The maximum Gasteiger partial charge on any atom is 0.122 e. The molecule has 1 nitrogen and oxygen atoms in total. The lowest BCUT2D eigenvalue weighted by Gasteiger charge is -2.14. The summed E-state index contributed by atoms with van der Waals surface area (Å²) < 4.78 is 5.48. The van der Waals surface area contributed by atoms with Crippen molar-refractivity contribution in [2.45, 2.75) is 25.2 Å². The lowest BCUT2D eigenvalue weighted by atomic mass is 9.93. The van der Waals surface area contributed by atoms with Crippen molar-refractivity contribution < 1.29 is 4.74 Å². The van der Waals surface area contributed by atoms with Crippen LogP contribution in [0.15, 0.2) is 48.1 Å².